The average molecular weight is 216 g/mol. The molecule has 2 aromatic rings. The number of ether oxygens (including phenoxy) is 1. The first kappa shape index (κ1) is 10.5. The van der Waals surface area contributed by atoms with Gasteiger partial charge in [-0.15, -0.1) is 0 Å². The van der Waals surface area contributed by atoms with Crippen molar-refractivity contribution in [2.45, 2.75) is 19.8 Å². The van der Waals surface area contributed by atoms with E-state index < -0.39 is 0 Å². The summed E-state index contributed by atoms with van der Waals surface area (Å²) in [5.74, 6) is 1.41. The van der Waals surface area contributed by atoms with Crippen LogP contribution in [-0.2, 0) is 0 Å². The highest BCUT2D eigenvalue weighted by atomic mass is 16.5. The molecular formula is C12H12N2O2. The largest absolute Gasteiger partial charge is 0.493 e. The van der Waals surface area contributed by atoms with Crippen LogP contribution in [0.15, 0.2) is 22.6 Å². The van der Waals surface area contributed by atoms with Gasteiger partial charge in [-0.25, -0.2) is 4.98 Å². The molecule has 0 fully saturated rings. The van der Waals surface area contributed by atoms with Crippen LogP contribution in [0.25, 0.3) is 11.1 Å². The van der Waals surface area contributed by atoms with Crippen molar-refractivity contribution in [1.29, 1.82) is 5.26 Å². The highest BCUT2D eigenvalue weighted by Crippen LogP contribution is 2.21. The van der Waals surface area contributed by atoms with E-state index >= 15 is 0 Å². The van der Waals surface area contributed by atoms with Gasteiger partial charge in [-0.2, -0.15) is 5.26 Å². The minimum atomic E-state index is 0.519. The summed E-state index contributed by atoms with van der Waals surface area (Å²) in [5, 5.41) is 8.38. The van der Waals surface area contributed by atoms with Gasteiger partial charge in [0.25, 0.3) is 0 Å². The third-order valence-corrected chi connectivity index (χ3v) is 2.17. The normalized spacial score (nSPS) is 10.2. The van der Waals surface area contributed by atoms with E-state index in [0.717, 1.165) is 23.3 Å². The lowest BCUT2D eigenvalue weighted by molar-refractivity contribution is 0.313. The van der Waals surface area contributed by atoms with E-state index in [1.165, 1.54) is 0 Å². The fourth-order valence-electron chi connectivity index (χ4n) is 1.45. The lowest BCUT2D eigenvalue weighted by Crippen LogP contribution is -1.96. The van der Waals surface area contributed by atoms with Crippen LogP contribution in [-0.4, -0.2) is 11.6 Å². The van der Waals surface area contributed by atoms with Crippen LogP contribution in [0.4, 0.5) is 0 Å². The highest BCUT2D eigenvalue weighted by molar-refractivity contribution is 5.74. The molecule has 16 heavy (non-hydrogen) atoms. The zero-order valence-electron chi connectivity index (χ0n) is 9.06. The van der Waals surface area contributed by atoms with Gasteiger partial charge in [0, 0.05) is 19.4 Å². The second-order valence-electron chi connectivity index (χ2n) is 3.47. The molecule has 0 amide bonds. The van der Waals surface area contributed by atoms with Crippen LogP contribution in [0.5, 0.6) is 5.75 Å². The number of aromatic nitrogens is 1. The molecule has 1 heterocycles. The van der Waals surface area contributed by atoms with Crippen molar-refractivity contribution in [3.8, 4) is 11.8 Å². The lowest BCUT2D eigenvalue weighted by Gasteiger charge is -2.03. The van der Waals surface area contributed by atoms with Gasteiger partial charge in [0.15, 0.2) is 11.5 Å². The summed E-state index contributed by atoms with van der Waals surface area (Å²) >= 11 is 0. The second-order valence-corrected chi connectivity index (χ2v) is 3.47. The Bertz CT molecular complexity index is 525. The zero-order chi connectivity index (χ0) is 11.4. The van der Waals surface area contributed by atoms with Crippen LogP contribution in [0.3, 0.4) is 0 Å². The highest BCUT2D eigenvalue weighted by Gasteiger charge is 2.03. The van der Waals surface area contributed by atoms with Gasteiger partial charge in [-0.3, -0.25) is 0 Å². The predicted molar refractivity (Wildman–Crippen MR) is 59.1 cm³/mol. The molecule has 4 nitrogen and oxygen atoms in total. The maximum Gasteiger partial charge on any atom is 0.192 e. The van der Waals surface area contributed by atoms with E-state index in [0.29, 0.717) is 18.9 Å². The maximum absolute atomic E-state index is 8.38. The van der Waals surface area contributed by atoms with Crippen molar-refractivity contribution in [2.24, 2.45) is 0 Å². The molecular weight excluding hydrogens is 204 g/mol. The van der Waals surface area contributed by atoms with E-state index in [1.807, 2.05) is 25.1 Å². The Labute approximate surface area is 93.5 Å². The van der Waals surface area contributed by atoms with E-state index in [1.54, 1.807) is 0 Å². The Morgan fingerprint density at radius 3 is 3.19 bits per heavy atom. The minimum absolute atomic E-state index is 0.519. The average Bonchev–Trinajstić information content (AvgIpc) is 2.64. The first-order valence-corrected chi connectivity index (χ1v) is 5.16. The lowest BCUT2D eigenvalue weighted by atomic mass is 10.3. The van der Waals surface area contributed by atoms with Crippen LogP contribution in [0.2, 0.25) is 0 Å². The van der Waals surface area contributed by atoms with Gasteiger partial charge in [0.1, 0.15) is 11.3 Å². The summed E-state index contributed by atoms with van der Waals surface area (Å²) in [6.07, 6.45) is 1.26. The summed E-state index contributed by atoms with van der Waals surface area (Å²) in [6, 6.07) is 7.61. The van der Waals surface area contributed by atoms with Crippen LogP contribution >= 0.6 is 0 Å². The molecule has 1 aromatic heterocycles. The zero-order valence-corrected chi connectivity index (χ0v) is 9.06. The van der Waals surface area contributed by atoms with Crippen molar-refractivity contribution >= 4 is 11.1 Å². The van der Waals surface area contributed by atoms with Crippen LogP contribution < -0.4 is 4.74 Å². The predicted octanol–water partition coefficient (Wildman–Crippen LogP) is 2.82. The number of oxazole rings is 1. The molecule has 0 aliphatic heterocycles. The molecule has 2 rings (SSSR count). The van der Waals surface area contributed by atoms with Crippen molar-refractivity contribution in [1.82, 2.24) is 4.98 Å². The smallest absolute Gasteiger partial charge is 0.192 e. The first-order chi connectivity index (χ1) is 7.79. The molecule has 0 saturated carbocycles. The first-order valence-electron chi connectivity index (χ1n) is 5.16. The van der Waals surface area contributed by atoms with E-state index in [4.69, 9.17) is 14.4 Å². The fraction of sp³-hybridized carbons (Fsp3) is 0.333. The molecule has 0 saturated heterocycles. The van der Waals surface area contributed by atoms with Crippen molar-refractivity contribution in [3.05, 3.63) is 24.1 Å². The molecule has 82 valence electrons. The number of hydrogen-bond acceptors (Lipinski definition) is 4. The van der Waals surface area contributed by atoms with Gasteiger partial charge in [-0.05, 0) is 18.6 Å². The van der Waals surface area contributed by atoms with Crippen molar-refractivity contribution in [3.63, 3.8) is 0 Å². The Morgan fingerprint density at radius 1 is 1.50 bits per heavy atom. The van der Waals surface area contributed by atoms with Gasteiger partial charge >= 0.3 is 0 Å². The summed E-state index contributed by atoms with van der Waals surface area (Å²) in [7, 11) is 0. The maximum atomic E-state index is 8.38. The molecule has 0 radical (unpaired) electrons. The molecule has 0 atom stereocenters. The number of rotatable bonds is 4. The molecule has 0 aliphatic carbocycles. The number of hydrogen-bond donors (Lipinski definition) is 0. The van der Waals surface area contributed by atoms with Gasteiger partial charge in [-0.1, -0.05) is 0 Å². The Balaban J connectivity index is 2.05. The number of nitrogens with zero attached hydrogens (tertiary/aromatic N) is 2. The fourth-order valence-corrected chi connectivity index (χ4v) is 1.45. The second kappa shape index (κ2) is 4.67. The molecule has 0 unspecified atom stereocenters. The third-order valence-electron chi connectivity index (χ3n) is 2.17. The number of aryl methyl sites for hydroxylation is 1. The topological polar surface area (TPSA) is 59.0 Å². The number of fused-ring (bicyclic) bond motifs is 1. The molecule has 0 N–H and O–H groups in total. The van der Waals surface area contributed by atoms with Crippen LogP contribution in [0.1, 0.15) is 18.7 Å². The SMILES string of the molecule is Cc1nc2cc(OCCCC#N)ccc2o1. The Kier molecular flexibility index (Phi) is 3.06. The summed E-state index contributed by atoms with van der Waals surface area (Å²) < 4.78 is 10.8. The Morgan fingerprint density at radius 2 is 2.38 bits per heavy atom. The summed E-state index contributed by atoms with van der Waals surface area (Å²) in [5.41, 5.74) is 1.57. The molecule has 0 aliphatic rings. The molecule has 4 heteroatoms. The van der Waals surface area contributed by atoms with Gasteiger partial charge < -0.3 is 9.15 Å². The van der Waals surface area contributed by atoms with Gasteiger partial charge in [0.05, 0.1) is 12.7 Å². The number of benzene rings is 1. The number of nitriles is 1. The monoisotopic (exact) mass is 216 g/mol. The van der Waals surface area contributed by atoms with E-state index in [2.05, 4.69) is 11.1 Å². The molecule has 1 aromatic carbocycles. The third kappa shape index (κ3) is 2.31. The molecule has 0 spiro atoms. The molecule has 0 bridgehead atoms. The van der Waals surface area contributed by atoms with E-state index in [-0.39, 0.29) is 0 Å². The van der Waals surface area contributed by atoms with Gasteiger partial charge in [0.2, 0.25) is 0 Å². The minimum Gasteiger partial charge on any atom is -0.493 e. The van der Waals surface area contributed by atoms with Crippen LogP contribution in [0, 0.1) is 18.3 Å². The summed E-state index contributed by atoms with van der Waals surface area (Å²) in [4.78, 5) is 4.22. The quantitative estimate of drug-likeness (QED) is 0.737. The Hall–Kier alpha value is -2.02. The summed E-state index contributed by atoms with van der Waals surface area (Å²) in [6.45, 7) is 2.36. The van der Waals surface area contributed by atoms with Crippen molar-refractivity contribution < 1.29 is 9.15 Å². The number of unbranched alkanes of at least 4 members (excludes halogenated alkanes) is 1. The van der Waals surface area contributed by atoms with E-state index in [9.17, 15) is 0 Å². The van der Waals surface area contributed by atoms with Crippen molar-refractivity contribution in [2.75, 3.05) is 6.61 Å². The standard InChI is InChI=1S/C12H12N2O2/c1-9-14-11-8-10(4-5-12(11)16-9)15-7-3-2-6-13/h4-5,8H,2-3,7H2,1H3.